The molecule has 0 saturated heterocycles. The van der Waals surface area contributed by atoms with Crippen molar-refractivity contribution in [2.75, 3.05) is 6.54 Å². The molecule has 15 heavy (non-hydrogen) atoms. The average molecular weight is 204 g/mol. The average Bonchev–Trinajstić information content (AvgIpc) is 2.88. The Bertz CT molecular complexity index is 425. The zero-order valence-electron chi connectivity index (χ0n) is 9.04. The first-order valence-corrected chi connectivity index (χ1v) is 5.02. The van der Waals surface area contributed by atoms with Crippen molar-refractivity contribution in [2.24, 2.45) is 5.73 Å². The summed E-state index contributed by atoms with van der Waals surface area (Å²) in [4.78, 5) is 10.7. The maximum absolute atomic E-state index is 5.70. The van der Waals surface area contributed by atoms with E-state index in [0.717, 1.165) is 17.1 Å². The largest absolute Gasteiger partial charge is 0.367 e. The number of nitrogens with zero attached hydrogens (tertiary/aromatic N) is 1. The van der Waals surface area contributed by atoms with E-state index in [1.807, 2.05) is 24.7 Å². The summed E-state index contributed by atoms with van der Waals surface area (Å²) in [5.41, 5.74) is 7.73. The molecular formula is C11H16N4. The first-order chi connectivity index (χ1) is 7.13. The second-order valence-corrected chi connectivity index (χ2v) is 4.33. The molecule has 0 unspecified atom stereocenters. The number of nitrogens with one attached hydrogen (secondary N) is 2. The maximum Gasteiger partial charge on any atom is 0.113 e. The van der Waals surface area contributed by atoms with Crippen LogP contribution in [0.4, 0.5) is 0 Å². The van der Waals surface area contributed by atoms with Crippen molar-refractivity contribution in [3.63, 3.8) is 0 Å². The van der Waals surface area contributed by atoms with Crippen LogP contribution in [0.1, 0.15) is 19.7 Å². The van der Waals surface area contributed by atoms with Gasteiger partial charge >= 0.3 is 0 Å². The predicted octanol–water partition coefficient (Wildman–Crippen LogP) is 1.64. The Balaban J connectivity index is 2.33. The number of aromatic nitrogens is 3. The summed E-state index contributed by atoms with van der Waals surface area (Å²) in [6.07, 6.45) is 5.67. The third kappa shape index (κ3) is 1.80. The van der Waals surface area contributed by atoms with Crippen LogP contribution in [0, 0.1) is 0 Å². The molecule has 2 rings (SSSR count). The molecule has 0 aliphatic carbocycles. The highest BCUT2D eigenvalue weighted by atomic mass is 14.9. The fourth-order valence-corrected chi connectivity index (χ4v) is 1.40. The molecule has 2 heterocycles. The standard InChI is InChI=1S/C11H16N4/c1-11(2,7-12)10-14-6-9(15-10)8-3-4-13-5-8/h3-6,13H,7,12H2,1-2H3,(H,14,15). The minimum Gasteiger partial charge on any atom is -0.367 e. The van der Waals surface area contributed by atoms with E-state index in [2.05, 4.69) is 28.8 Å². The van der Waals surface area contributed by atoms with Crippen LogP contribution in [0.5, 0.6) is 0 Å². The number of hydrogen-bond donors (Lipinski definition) is 3. The van der Waals surface area contributed by atoms with Crippen LogP contribution < -0.4 is 5.73 Å². The number of rotatable bonds is 3. The molecule has 0 saturated carbocycles. The van der Waals surface area contributed by atoms with Gasteiger partial charge in [-0.25, -0.2) is 4.98 Å². The molecule has 2 aromatic rings. The Morgan fingerprint density at radius 2 is 2.27 bits per heavy atom. The van der Waals surface area contributed by atoms with Gasteiger partial charge in [-0.3, -0.25) is 0 Å². The number of aromatic amines is 2. The molecule has 80 valence electrons. The van der Waals surface area contributed by atoms with E-state index in [1.165, 1.54) is 0 Å². The van der Waals surface area contributed by atoms with Crippen LogP contribution in [0.15, 0.2) is 24.7 Å². The molecule has 0 bridgehead atoms. The molecule has 4 heteroatoms. The lowest BCUT2D eigenvalue weighted by Crippen LogP contribution is -2.29. The minimum absolute atomic E-state index is 0.103. The van der Waals surface area contributed by atoms with Gasteiger partial charge in [-0.05, 0) is 6.07 Å². The Kier molecular flexibility index (Phi) is 2.36. The van der Waals surface area contributed by atoms with Gasteiger partial charge in [0.15, 0.2) is 0 Å². The summed E-state index contributed by atoms with van der Waals surface area (Å²) in [5.74, 6) is 0.932. The van der Waals surface area contributed by atoms with Crippen LogP contribution in [0.2, 0.25) is 0 Å². The van der Waals surface area contributed by atoms with E-state index >= 15 is 0 Å². The van der Waals surface area contributed by atoms with Crippen molar-refractivity contribution in [3.05, 3.63) is 30.5 Å². The lowest BCUT2D eigenvalue weighted by molar-refractivity contribution is 0.508. The highest BCUT2D eigenvalue weighted by molar-refractivity contribution is 5.57. The van der Waals surface area contributed by atoms with Crippen molar-refractivity contribution in [3.8, 4) is 11.3 Å². The molecule has 0 spiro atoms. The van der Waals surface area contributed by atoms with Gasteiger partial charge in [0.05, 0.1) is 11.9 Å². The van der Waals surface area contributed by atoms with Crippen molar-refractivity contribution >= 4 is 0 Å². The van der Waals surface area contributed by atoms with Gasteiger partial charge < -0.3 is 15.7 Å². The van der Waals surface area contributed by atoms with Gasteiger partial charge in [0.25, 0.3) is 0 Å². The van der Waals surface area contributed by atoms with Gasteiger partial charge in [-0.1, -0.05) is 13.8 Å². The lowest BCUT2D eigenvalue weighted by atomic mass is 9.93. The molecular weight excluding hydrogens is 188 g/mol. The zero-order valence-corrected chi connectivity index (χ0v) is 9.04. The summed E-state index contributed by atoms with van der Waals surface area (Å²) >= 11 is 0. The highest BCUT2D eigenvalue weighted by Crippen LogP contribution is 2.22. The van der Waals surface area contributed by atoms with E-state index in [4.69, 9.17) is 5.73 Å². The molecule has 0 amide bonds. The monoisotopic (exact) mass is 204 g/mol. The topological polar surface area (TPSA) is 70.5 Å². The van der Waals surface area contributed by atoms with E-state index in [9.17, 15) is 0 Å². The number of H-pyrrole nitrogens is 2. The minimum atomic E-state index is -0.103. The fourth-order valence-electron chi connectivity index (χ4n) is 1.40. The first-order valence-electron chi connectivity index (χ1n) is 5.02. The van der Waals surface area contributed by atoms with Crippen molar-refractivity contribution in [1.29, 1.82) is 0 Å². The second kappa shape index (κ2) is 3.55. The quantitative estimate of drug-likeness (QED) is 0.711. The van der Waals surface area contributed by atoms with E-state index < -0.39 is 0 Å². The van der Waals surface area contributed by atoms with Crippen molar-refractivity contribution < 1.29 is 0 Å². The van der Waals surface area contributed by atoms with Gasteiger partial charge in [0, 0.05) is 29.9 Å². The third-order valence-corrected chi connectivity index (χ3v) is 2.64. The highest BCUT2D eigenvalue weighted by Gasteiger charge is 2.22. The SMILES string of the molecule is CC(C)(CN)c1ncc(-c2cc[nH]c2)[nH]1. The summed E-state index contributed by atoms with van der Waals surface area (Å²) < 4.78 is 0. The maximum atomic E-state index is 5.70. The Hall–Kier alpha value is -1.55. The van der Waals surface area contributed by atoms with Crippen molar-refractivity contribution in [2.45, 2.75) is 19.3 Å². The molecule has 0 aliphatic rings. The molecule has 4 nitrogen and oxygen atoms in total. The molecule has 0 radical (unpaired) electrons. The smallest absolute Gasteiger partial charge is 0.113 e. The molecule has 0 aromatic carbocycles. The van der Waals surface area contributed by atoms with Crippen LogP contribution in [0.25, 0.3) is 11.3 Å². The Morgan fingerprint density at radius 1 is 1.47 bits per heavy atom. The van der Waals surface area contributed by atoms with Gasteiger partial charge in [-0.2, -0.15) is 0 Å². The first kappa shape index (κ1) is 9.98. The van der Waals surface area contributed by atoms with Gasteiger partial charge in [0.2, 0.25) is 0 Å². The number of hydrogen-bond acceptors (Lipinski definition) is 2. The van der Waals surface area contributed by atoms with Crippen LogP contribution in [0.3, 0.4) is 0 Å². The van der Waals surface area contributed by atoms with E-state index in [0.29, 0.717) is 6.54 Å². The Morgan fingerprint density at radius 3 is 2.87 bits per heavy atom. The fraction of sp³-hybridized carbons (Fsp3) is 0.364. The molecule has 2 aromatic heterocycles. The van der Waals surface area contributed by atoms with Crippen molar-refractivity contribution in [1.82, 2.24) is 15.0 Å². The summed E-state index contributed by atoms with van der Waals surface area (Å²) in [6.45, 7) is 4.73. The summed E-state index contributed by atoms with van der Waals surface area (Å²) in [6, 6.07) is 2.01. The normalized spacial score (nSPS) is 11.9. The lowest BCUT2D eigenvalue weighted by Gasteiger charge is -2.18. The number of imidazole rings is 1. The van der Waals surface area contributed by atoms with Crippen LogP contribution in [-0.4, -0.2) is 21.5 Å². The molecule has 0 aliphatic heterocycles. The summed E-state index contributed by atoms with van der Waals surface area (Å²) in [7, 11) is 0. The van der Waals surface area contributed by atoms with Crippen LogP contribution >= 0.6 is 0 Å². The predicted molar refractivity (Wildman–Crippen MR) is 60.5 cm³/mol. The van der Waals surface area contributed by atoms with Crippen LogP contribution in [-0.2, 0) is 5.41 Å². The van der Waals surface area contributed by atoms with E-state index in [-0.39, 0.29) is 5.41 Å². The third-order valence-electron chi connectivity index (χ3n) is 2.64. The van der Waals surface area contributed by atoms with E-state index in [1.54, 1.807) is 0 Å². The molecule has 4 N–H and O–H groups in total. The Labute approximate surface area is 88.9 Å². The second-order valence-electron chi connectivity index (χ2n) is 4.33. The van der Waals surface area contributed by atoms with Gasteiger partial charge in [0.1, 0.15) is 5.82 Å². The zero-order chi connectivity index (χ0) is 10.9. The van der Waals surface area contributed by atoms with Gasteiger partial charge in [-0.15, -0.1) is 0 Å². The summed E-state index contributed by atoms with van der Waals surface area (Å²) in [5, 5.41) is 0. The number of nitrogens with two attached hydrogens (primary N) is 1. The molecule has 0 fully saturated rings. The molecule has 0 atom stereocenters.